The zero-order chi connectivity index (χ0) is 13.2. The van der Waals surface area contributed by atoms with Crippen LogP contribution in [0, 0.1) is 0 Å². The third-order valence-corrected chi connectivity index (χ3v) is 4.98. The SMILES string of the molecule is CC1CCCC(C)N1NCc1nc2ccccc2s1. The van der Waals surface area contributed by atoms with Crippen LogP contribution in [0.15, 0.2) is 24.3 Å². The largest absolute Gasteiger partial charge is 0.248 e. The molecule has 1 fully saturated rings. The number of aromatic nitrogens is 1. The molecule has 102 valence electrons. The summed E-state index contributed by atoms with van der Waals surface area (Å²) in [4.78, 5) is 4.68. The van der Waals surface area contributed by atoms with E-state index in [1.807, 2.05) is 6.07 Å². The predicted molar refractivity (Wildman–Crippen MR) is 81.1 cm³/mol. The maximum atomic E-state index is 4.68. The summed E-state index contributed by atoms with van der Waals surface area (Å²) in [5.74, 6) is 0. The molecular weight excluding hydrogens is 254 g/mol. The number of hydrogen-bond acceptors (Lipinski definition) is 4. The molecule has 0 amide bonds. The van der Waals surface area contributed by atoms with Crippen LogP contribution in [0.25, 0.3) is 10.2 Å². The Morgan fingerprint density at radius 3 is 2.74 bits per heavy atom. The standard InChI is InChI=1S/C15H21N3S/c1-11-6-5-7-12(2)18(11)16-10-15-17-13-8-3-4-9-14(13)19-15/h3-4,8-9,11-12,16H,5-7,10H2,1-2H3. The van der Waals surface area contributed by atoms with E-state index in [0.29, 0.717) is 12.1 Å². The van der Waals surface area contributed by atoms with Crippen molar-refractivity contribution in [3.05, 3.63) is 29.3 Å². The molecule has 1 N–H and O–H groups in total. The molecule has 0 saturated carbocycles. The van der Waals surface area contributed by atoms with E-state index < -0.39 is 0 Å². The third kappa shape index (κ3) is 2.81. The second-order valence-corrected chi connectivity index (χ2v) is 6.56. The lowest BCUT2D eigenvalue weighted by atomic mass is 10.00. The number of fused-ring (bicyclic) bond motifs is 1. The fourth-order valence-corrected chi connectivity index (χ4v) is 3.79. The first-order valence-corrected chi connectivity index (χ1v) is 7.92. The summed E-state index contributed by atoms with van der Waals surface area (Å²) < 4.78 is 1.28. The molecule has 0 aliphatic carbocycles. The van der Waals surface area contributed by atoms with Crippen LogP contribution in [-0.4, -0.2) is 22.1 Å². The number of para-hydroxylation sites is 1. The Balaban J connectivity index is 1.68. The smallest absolute Gasteiger partial charge is 0.109 e. The molecule has 2 heterocycles. The average molecular weight is 275 g/mol. The number of nitrogens with one attached hydrogen (secondary N) is 1. The van der Waals surface area contributed by atoms with Gasteiger partial charge in [0, 0.05) is 12.1 Å². The van der Waals surface area contributed by atoms with Crippen LogP contribution >= 0.6 is 11.3 Å². The highest BCUT2D eigenvalue weighted by molar-refractivity contribution is 7.18. The fourth-order valence-electron chi connectivity index (χ4n) is 2.89. The normalized spacial score (nSPS) is 24.9. The monoisotopic (exact) mass is 275 g/mol. The summed E-state index contributed by atoms with van der Waals surface area (Å²) in [6.07, 6.45) is 3.93. The highest BCUT2D eigenvalue weighted by Crippen LogP contribution is 2.23. The number of benzene rings is 1. The lowest BCUT2D eigenvalue weighted by Gasteiger charge is -2.38. The molecule has 4 heteroatoms. The van der Waals surface area contributed by atoms with Crippen LogP contribution in [-0.2, 0) is 6.54 Å². The van der Waals surface area contributed by atoms with Gasteiger partial charge >= 0.3 is 0 Å². The van der Waals surface area contributed by atoms with Crippen molar-refractivity contribution in [1.29, 1.82) is 0 Å². The summed E-state index contributed by atoms with van der Waals surface area (Å²) in [7, 11) is 0. The molecular formula is C15H21N3S. The lowest BCUT2D eigenvalue weighted by Crippen LogP contribution is -2.51. The molecule has 2 unspecified atom stereocenters. The predicted octanol–water partition coefficient (Wildman–Crippen LogP) is 3.56. The van der Waals surface area contributed by atoms with Gasteiger partial charge in [0.15, 0.2) is 0 Å². The summed E-state index contributed by atoms with van der Waals surface area (Å²) >= 11 is 1.79. The van der Waals surface area contributed by atoms with E-state index in [9.17, 15) is 0 Å². The number of hydrogen-bond donors (Lipinski definition) is 1. The summed E-state index contributed by atoms with van der Waals surface area (Å²) in [5, 5.41) is 3.58. The Morgan fingerprint density at radius 1 is 1.26 bits per heavy atom. The number of nitrogens with zero attached hydrogens (tertiary/aromatic N) is 2. The zero-order valence-corrected chi connectivity index (χ0v) is 12.4. The molecule has 1 saturated heterocycles. The summed E-state index contributed by atoms with van der Waals surface area (Å²) in [6.45, 7) is 5.45. The van der Waals surface area contributed by atoms with E-state index in [-0.39, 0.29) is 0 Å². The summed E-state index contributed by atoms with van der Waals surface area (Å²) in [6, 6.07) is 9.60. The molecule has 19 heavy (non-hydrogen) atoms. The van der Waals surface area contributed by atoms with Gasteiger partial charge in [0.05, 0.1) is 16.8 Å². The molecule has 0 bridgehead atoms. The van der Waals surface area contributed by atoms with E-state index in [2.05, 4.69) is 47.5 Å². The molecule has 1 aromatic carbocycles. The van der Waals surface area contributed by atoms with E-state index in [1.165, 1.54) is 29.0 Å². The second kappa shape index (κ2) is 5.57. The van der Waals surface area contributed by atoms with Crippen LogP contribution in [0.5, 0.6) is 0 Å². The maximum Gasteiger partial charge on any atom is 0.109 e. The van der Waals surface area contributed by atoms with E-state index in [1.54, 1.807) is 11.3 Å². The van der Waals surface area contributed by atoms with Gasteiger partial charge < -0.3 is 0 Å². The number of thiazole rings is 1. The minimum atomic E-state index is 0.623. The highest BCUT2D eigenvalue weighted by Gasteiger charge is 2.24. The van der Waals surface area contributed by atoms with Crippen molar-refractivity contribution >= 4 is 21.6 Å². The molecule has 2 aromatic rings. The molecule has 0 spiro atoms. The van der Waals surface area contributed by atoms with Gasteiger partial charge in [-0.25, -0.2) is 15.4 Å². The van der Waals surface area contributed by atoms with Gasteiger partial charge in [-0.2, -0.15) is 0 Å². The van der Waals surface area contributed by atoms with E-state index in [4.69, 9.17) is 0 Å². The minimum absolute atomic E-state index is 0.623. The first kappa shape index (κ1) is 13.0. The Hall–Kier alpha value is -0.970. The Labute approximate surface area is 118 Å². The van der Waals surface area contributed by atoms with Crippen molar-refractivity contribution < 1.29 is 0 Å². The molecule has 1 aliphatic rings. The molecule has 1 aliphatic heterocycles. The average Bonchev–Trinajstić information content (AvgIpc) is 2.81. The van der Waals surface area contributed by atoms with Crippen molar-refractivity contribution in [3.8, 4) is 0 Å². The molecule has 2 atom stereocenters. The van der Waals surface area contributed by atoms with Crippen LogP contribution in [0.1, 0.15) is 38.1 Å². The molecule has 0 radical (unpaired) electrons. The van der Waals surface area contributed by atoms with Gasteiger partial charge in [0.25, 0.3) is 0 Å². The Bertz CT molecular complexity index is 508. The third-order valence-electron chi connectivity index (χ3n) is 3.94. The number of piperidine rings is 1. The number of hydrazine groups is 1. The van der Waals surface area contributed by atoms with E-state index in [0.717, 1.165) is 12.1 Å². The van der Waals surface area contributed by atoms with Gasteiger partial charge in [-0.15, -0.1) is 11.3 Å². The first-order valence-electron chi connectivity index (χ1n) is 7.10. The van der Waals surface area contributed by atoms with Crippen molar-refractivity contribution in [2.75, 3.05) is 0 Å². The Morgan fingerprint density at radius 2 is 2.00 bits per heavy atom. The topological polar surface area (TPSA) is 28.2 Å². The molecule has 3 rings (SSSR count). The van der Waals surface area contributed by atoms with Gasteiger partial charge in [-0.3, -0.25) is 0 Å². The van der Waals surface area contributed by atoms with Crippen molar-refractivity contribution in [1.82, 2.24) is 15.4 Å². The van der Waals surface area contributed by atoms with Crippen molar-refractivity contribution in [2.24, 2.45) is 0 Å². The summed E-state index contributed by atoms with van der Waals surface area (Å²) in [5.41, 5.74) is 4.69. The first-order chi connectivity index (χ1) is 9.24. The molecule has 3 nitrogen and oxygen atoms in total. The van der Waals surface area contributed by atoms with Gasteiger partial charge in [-0.1, -0.05) is 18.6 Å². The quantitative estimate of drug-likeness (QED) is 0.928. The lowest BCUT2D eigenvalue weighted by molar-refractivity contribution is 0.0435. The minimum Gasteiger partial charge on any atom is -0.248 e. The van der Waals surface area contributed by atoms with Crippen molar-refractivity contribution in [2.45, 2.75) is 51.7 Å². The van der Waals surface area contributed by atoms with Gasteiger partial charge in [-0.05, 0) is 38.8 Å². The fraction of sp³-hybridized carbons (Fsp3) is 0.533. The van der Waals surface area contributed by atoms with E-state index >= 15 is 0 Å². The molecule has 1 aromatic heterocycles. The van der Waals surface area contributed by atoms with Gasteiger partial charge in [0.1, 0.15) is 5.01 Å². The highest BCUT2D eigenvalue weighted by atomic mass is 32.1. The van der Waals surface area contributed by atoms with Crippen LogP contribution in [0.4, 0.5) is 0 Å². The van der Waals surface area contributed by atoms with Crippen LogP contribution < -0.4 is 5.43 Å². The second-order valence-electron chi connectivity index (χ2n) is 5.45. The zero-order valence-electron chi connectivity index (χ0n) is 11.6. The maximum absolute atomic E-state index is 4.68. The Kier molecular flexibility index (Phi) is 3.82. The van der Waals surface area contributed by atoms with Crippen molar-refractivity contribution in [3.63, 3.8) is 0 Å². The van der Waals surface area contributed by atoms with Gasteiger partial charge in [0.2, 0.25) is 0 Å². The number of rotatable bonds is 3. The van der Waals surface area contributed by atoms with Crippen LogP contribution in [0.2, 0.25) is 0 Å². The van der Waals surface area contributed by atoms with Crippen LogP contribution in [0.3, 0.4) is 0 Å².